The Hall–Kier alpha value is -3.87. The van der Waals surface area contributed by atoms with Gasteiger partial charge >= 0.3 is 5.69 Å². The first-order valence-electron chi connectivity index (χ1n) is 11.2. The summed E-state index contributed by atoms with van der Waals surface area (Å²) >= 11 is 6.17. The average Bonchev–Trinajstić information content (AvgIpc) is 2.89. The maximum absolute atomic E-state index is 13.3. The van der Waals surface area contributed by atoms with Crippen molar-refractivity contribution in [1.82, 2.24) is 14.5 Å². The van der Waals surface area contributed by atoms with E-state index in [-0.39, 0.29) is 53.7 Å². The summed E-state index contributed by atoms with van der Waals surface area (Å²) in [5.41, 5.74) is -0.994. The van der Waals surface area contributed by atoms with Crippen LogP contribution >= 0.6 is 11.6 Å². The minimum Gasteiger partial charge on any atom is -0.495 e. The molecule has 0 spiro atoms. The molecular formula is C24H27ClN4O8. The standard InChI is InChI=1S/C24H27ClN4O8/c1-35-19-12-20(36-2)17(11-16(19)25)27-22(32)14-28-18-6-4-3-5-15(18)23(33)29(24(28)34)13-21(31)26-7-9-37-10-8-30/h3-6,11-12,30H,7-10,13-14H2,1-2H3,(H,26,31)(H,27,32). The predicted octanol–water partition coefficient (Wildman–Crippen LogP) is 0.598. The van der Waals surface area contributed by atoms with E-state index in [1.807, 2.05) is 0 Å². The third-order valence-electron chi connectivity index (χ3n) is 5.29. The molecule has 37 heavy (non-hydrogen) atoms. The fourth-order valence-corrected chi connectivity index (χ4v) is 3.82. The zero-order valence-electron chi connectivity index (χ0n) is 20.3. The Kier molecular flexibility index (Phi) is 9.66. The van der Waals surface area contributed by atoms with E-state index in [2.05, 4.69) is 10.6 Å². The molecule has 13 heteroatoms. The number of carbonyl (C=O) groups is 2. The summed E-state index contributed by atoms with van der Waals surface area (Å²) in [5.74, 6) is -0.543. The Bertz CT molecular complexity index is 1400. The van der Waals surface area contributed by atoms with Crippen LogP contribution in [-0.2, 0) is 27.4 Å². The lowest BCUT2D eigenvalue weighted by atomic mass is 10.2. The van der Waals surface area contributed by atoms with Gasteiger partial charge in [0.1, 0.15) is 24.6 Å². The minimum atomic E-state index is -0.828. The molecule has 1 heterocycles. The number of anilines is 1. The highest BCUT2D eigenvalue weighted by molar-refractivity contribution is 6.32. The van der Waals surface area contributed by atoms with Crippen molar-refractivity contribution < 1.29 is 28.9 Å². The molecule has 198 valence electrons. The molecule has 0 unspecified atom stereocenters. The van der Waals surface area contributed by atoms with Gasteiger partial charge in [0.2, 0.25) is 11.8 Å². The summed E-state index contributed by atoms with van der Waals surface area (Å²) in [6, 6.07) is 9.26. The van der Waals surface area contributed by atoms with Crippen molar-refractivity contribution in [3.63, 3.8) is 0 Å². The van der Waals surface area contributed by atoms with Crippen molar-refractivity contribution in [2.75, 3.05) is 45.9 Å². The van der Waals surface area contributed by atoms with Crippen molar-refractivity contribution in [2.45, 2.75) is 13.1 Å². The smallest absolute Gasteiger partial charge is 0.332 e. The lowest BCUT2D eigenvalue weighted by molar-refractivity contribution is -0.122. The topological polar surface area (TPSA) is 150 Å². The SMILES string of the molecule is COc1cc(OC)c(NC(=O)Cn2c(=O)n(CC(=O)NCCOCCO)c(=O)c3ccccc32)cc1Cl. The number of fused-ring (bicyclic) bond motifs is 1. The Morgan fingerprint density at radius 1 is 0.973 bits per heavy atom. The second-order valence-corrected chi connectivity index (χ2v) is 8.11. The maximum Gasteiger partial charge on any atom is 0.332 e. The van der Waals surface area contributed by atoms with E-state index >= 15 is 0 Å². The van der Waals surface area contributed by atoms with Gasteiger partial charge < -0.3 is 30.0 Å². The van der Waals surface area contributed by atoms with Gasteiger partial charge in [0.15, 0.2) is 0 Å². The van der Waals surface area contributed by atoms with Gasteiger partial charge in [-0.15, -0.1) is 0 Å². The number of rotatable bonds is 12. The number of ether oxygens (including phenoxy) is 3. The molecule has 3 rings (SSSR count). The fraction of sp³-hybridized carbons (Fsp3) is 0.333. The van der Waals surface area contributed by atoms with Gasteiger partial charge in [0.05, 0.1) is 55.7 Å². The number of aromatic nitrogens is 2. The van der Waals surface area contributed by atoms with Crippen LogP contribution < -0.4 is 31.4 Å². The number of para-hydroxylation sites is 1. The third kappa shape index (κ3) is 6.67. The number of aliphatic hydroxyl groups is 1. The molecule has 0 fully saturated rings. The molecule has 0 aliphatic carbocycles. The molecule has 0 radical (unpaired) electrons. The second-order valence-electron chi connectivity index (χ2n) is 7.70. The summed E-state index contributed by atoms with van der Waals surface area (Å²) in [6.07, 6.45) is 0. The largest absolute Gasteiger partial charge is 0.495 e. The second kappa shape index (κ2) is 12.9. The van der Waals surface area contributed by atoms with Crippen LogP contribution in [0.2, 0.25) is 5.02 Å². The van der Waals surface area contributed by atoms with E-state index in [1.165, 1.54) is 32.4 Å². The molecule has 1 aromatic heterocycles. The first kappa shape index (κ1) is 27.7. The monoisotopic (exact) mass is 534 g/mol. The average molecular weight is 535 g/mol. The van der Waals surface area contributed by atoms with Crippen molar-refractivity contribution in [3.05, 3.63) is 62.3 Å². The molecule has 0 atom stereocenters. The van der Waals surface area contributed by atoms with E-state index in [9.17, 15) is 19.2 Å². The first-order valence-corrected chi connectivity index (χ1v) is 11.6. The van der Waals surface area contributed by atoms with Crippen LogP contribution in [0.25, 0.3) is 10.9 Å². The number of carbonyl (C=O) groups excluding carboxylic acids is 2. The summed E-state index contributed by atoms with van der Waals surface area (Å²) in [6.45, 7) is -0.742. The number of methoxy groups -OCH3 is 2. The van der Waals surface area contributed by atoms with Gasteiger partial charge in [-0.1, -0.05) is 23.7 Å². The zero-order valence-corrected chi connectivity index (χ0v) is 21.0. The van der Waals surface area contributed by atoms with Crippen LogP contribution in [0.5, 0.6) is 11.5 Å². The van der Waals surface area contributed by atoms with Crippen molar-refractivity contribution in [3.8, 4) is 11.5 Å². The number of aliphatic hydroxyl groups excluding tert-OH is 1. The predicted molar refractivity (Wildman–Crippen MR) is 137 cm³/mol. The van der Waals surface area contributed by atoms with Crippen LogP contribution in [-0.4, -0.2) is 66.6 Å². The fourth-order valence-electron chi connectivity index (χ4n) is 3.58. The molecule has 2 aromatic carbocycles. The number of halogens is 1. The van der Waals surface area contributed by atoms with Crippen molar-refractivity contribution in [1.29, 1.82) is 0 Å². The van der Waals surface area contributed by atoms with Gasteiger partial charge in [0, 0.05) is 12.6 Å². The summed E-state index contributed by atoms with van der Waals surface area (Å²) in [5, 5.41) is 14.3. The van der Waals surface area contributed by atoms with Gasteiger partial charge in [-0.25, -0.2) is 4.79 Å². The highest BCUT2D eigenvalue weighted by atomic mass is 35.5. The highest BCUT2D eigenvalue weighted by Crippen LogP contribution is 2.35. The molecule has 0 aliphatic rings. The molecule has 0 saturated heterocycles. The van der Waals surface area contributed by atoms with Crippen LogP contribution in [0.15, 0.2) is 46.0 Å². The highest BCUT2D eigenvalue weighted by Gasteiger charge is 2.18. The van der Waals surface area contributed by atoms with Crippen molar-refractivity contribution in [2.24, 2.45) is 0 Å². The molecule has 0 aliphatic heterocycles. The lowest BCUT2D eigenvalue weighted by Crippen LogP contribution is -2.45. The number of nitrogens with one attached hydrogen (secondary N) is 2. The number of amides is 2. The van der Waals surface area contributed by atoms with E-state index in [4.69, 9.17) is 30.9 Å². The Balaban J connectivity index is 1.89. The first-order chi connectivity index (χ1) is 17.8. The summed E-state index contributed by atoms with van der Waals surface area (Å²) < 4.78 is 17.4. The molecule has 0 saturated carbocycles. The van der Waals surface area contributed by atoms with E-state index in [0.717, 1.165) is 9.13 Å². The van der Waals surface area contributed by atoms with E-state index in [1.54, 1.807) is 18.2 Å². The van der Waals surface area contributed by atoms with Crippen LogP contribution in [0, 0.1) is 0 Å². The lowest BCUT2D eigenvalue weighted by Gasteiger charge is -2.16. The Morgan fingerprint density at radius 3 is 2.38 bits per heavy atom. The maximum atomic E-state index is 13.3. The molecule has 3 aromatic rings. The molecular weight excluding hydrogens is 508 g/mol. The van der Waals surface area contributed by atoms with Gasteiger partial charge in [-0.2, -0.15) is 0 Å². The van der Waals surface area contributed by atoms with Gasteiger partial charge in [-0.05, 0) is 18.2 Å². The van der Waals surface area contributed by atoms with Gasteiger partial charge in [-0.3, -0.25) is 23.5 Å². The summed E-state index contributed by atoms with van der Waals surface area (Å²) in [7, 11) is 2.85. The van der Waals surface area contributed by atoms with E-state index in [0.29, 0.717) is 5.75 Å². The minimum absolute atomic E-state index is 0.126. The van der Waals surface area contributed by atoms with Crippen LogP contribution in [0.1, 0.15) is 0 Å². The third-order valence-corrected chi connectivity index (χ3v) is 5.58. The molecule has 12 nitrogen and oxygen atoms in total. The van der Waals surface area contributed by atoms with Crippen molar-refractivity contribution >= 4 is 40.0 Å². The molecule has 3 N–H and O–H groups in total. The molecule has 0 bridgehead atoms. The van der Waals surface area contributed by atoms with Crippen LogP contribution in [0.4, 0.5) is 5.69 Å². The zero-order chi connectivity index (χ0) is 26.9. The Labute approximate surface area is 216 Å². The number of nitrogens with zero attached hydrogens (tertiary/aromatic N) is 2. The normalized spacial score (nSPS) is 10.8. The number of benzene rings is 2. The number of hydrogen-bond donors (Lipinski definition) is 3. The van der Waals surface area contributed by atoms with Gasteiger partial charge in [0.25, 0.3) is 5.56 Å². The summed E-state index contributed by atoms with van der Waals surface area (Å²) in [4.78, 5) is 51.6. The molecule has 2 amide bonds. The van der Waals surface area contributed by atoms with Crippen LogP contribution in [0.3, 0.4) is 0 Å². The quantitative estimate of drug-likeness (QED) is 0.286. The number of hydrogen-bond acceptors (Lipinski definition) is 8. The Morgan fingerprint density at radius 2 is 1.68 bits per heavy atom. The van der Waals surface area contributed by atoms with E-state index < -0.39 is 36.2 Å².